The Hall–Kier alpha value is -1.61. The van der Waals surface area contributed by atoms with Crippen LogP contribution in [0.15, 0.2) is 42.5 Å². The van der Waals surface area contributed by atoms with Crippen LogP contribution in [0.25, 0.3) is 0 Å². The minimum absolute atomic E-state index is 0.102. The van der Waals surface area contributed by atoms with Crippen molar-refractivity contribution < 1.29 is 10.0 Å². The smallest absolute Gasteiger partial charge is 0.254 e. The molecule has 1 aliphatic carbocycles. The molecule has 1 aliphatic rings. The number of hydrogen-bond donors (Lipinski definition) is 1. The molecule has 1 N–H and O–H groups in total. The number of para-hydroxylation sites is 1. The highest BCUT2D eigenvalue weighted by Gasteiger charge is 2.24. The molecule has 0 saturated heterocycles. The van der Waals surface area contributed by atoms with Crippen molar-refractivity contribution in [3.8, 4) is 0 Å². The molecule has 0 bridgehead atoms. The second-order valence-corrected chi connectivity index (χ2v) is 3.63. The van der Waals surface area contributed by atoms with Gasteiger partial charge >= 0.3 is 0 Å². The van der Waals surface area contributed by atoms with Crippen LogP contribution in [-0.4, -0.2) is 11.1 Å². The molecular formula is C12H13NO2. The van der Waals surface area contributed by atoms with E-state index in [0.29, 0.717) is 5.69 Å². The second kappa shape index (κ2) is 4.28. The molecule has 1 aromatic carbocycles. The average Bonchev–Trinajstić information content (AvgIpc) is 2.82. The Morgan fingerprint density at radius 2 is 1.80 bits per heavy atom. The third-order valence-corrected chi connectivity index (χ3v) is 2.57. The van der Waals surface area contributed by atoms with E-state index in [1.54, 1.807) is 24.3 Å². The summed E-state index contributed by atoms with van der Waals surface area (Å²) in [6, 6.07) is 8.84. The van der Waals surface area contributed by atoms with Gasteiger partial charge in [-0.2, -0.15) is 5.06 Å². The maximum absolute atomic E-state index is 11.8. The molecule has 0 spiro atoms. The summed E-state index contributed by atoms with van der Waals surface area (Å²) >= 11 is 0. The number of amides is 1. The molecule has 0 aliphatic heterocycles. The van der Waals surface area contributed by atoms with E-state index in [4.69, 9.17) is 0 Å². The van der Waals surface area contributed by atoms with Crippen molar-refractivity contribution in [3.63, 3.8) is 0 Å². The third-order valence-electron chi connectivity index (χ3n) is 2.57. The van der Waals surface area contributed by atoms with Gasteiger partial charge in [0.25, 0.3) is 5.91 Å². The van der Waals surface area contributed by atoms with E-state index in [1.165, 1.54) is 0 Å². The first-order chi connectivity index (χ1) is 7.29. The van der Waals surface area contributed by atoms with Gasteiger partial charge in [0, 0.05) is 5.92 Å². The van der Waals surface area contributed by atoms with E-state index < -0.39 is 0 Å². The summed E-state index contributed by atoms with van der Waals surface area (Å²) in [5.74, 6) is -0.332. The van der Waals surface area contributed by atoms with Crippen molar-refractivity contribution in [2.24, 2.45) is 5.92 Å². The Kier molecular flexibility index (Phi) is 2.83. The largest absolute Gasteiger partial charge is 0.281 e. The predicted octanol–water partition coefficient (Wildman–Crippen LogP) is 2.38. The molecule has 3 nitrogen and oxygen atoms in total. The number of benzene rings is 1. The van der Waals surface area contributed by atoms with E-state index in [1.807, 2.05) is 18.2 Å². The summed E-state index contributed by atoms with van der Waals surface area (Å²) in [5, 5.41) is 10.5. The Morgan fingerprint density at radius 3 is 2.40 bits per heavy atom. The fourth-order valence-electron chi connectivity index (χ4n) is 1.69. The van der Waals surface area contributed by atoms with E-state index >= 15 is 0 Å². The zero-order chi connectivity index (χ0) is 10.7. The quantitative estimate of drug-likeness (QED) is 0.455. The van der Waals surface area contributed by atoms with Crippen LogP contribution in [0.2, 0.25) is 0 Å². The highest BCUT2D eigenvalue weighted by molar-refractivity contribution is 5.93. The van der Waals surface area contributed by atoms with Crippen molar-refractivity contribution in [1.82, 2.24) is 0 Å². The lowest BCUT2D eigenvalue weighted by Gasteiger charge is -2.18. The van der Waals surface area contributed by atoms with Crippen LogP contribution in [-0.2, 0) is 4.79 Å². The van der Waals surface area contributed by atoms with E-state index in [9.17, 15) is 10.0 Å². The van der Waals surface area contributed by atoms with Crippen LogP contribution >= 0.6 is 0 Å². The lowest BCUT2D eigenvalue weighted by molar-refractivity contribution is -0.127. The highest BCUT2D eigenvalue weighted by Crippen LogP contribution is 2.22. The minimum Gasteiger partial charge on any atom is -0.281 e. The Bertz CT molecular complexity index is 364. The number of hydroxylamine groups is 1. The van der Waals surface area contributed by atoms with Gasteiger partial charge in [-0.3, -0.25) is 10.0 Å². The first-order valence-corrected chi connectivity index (χ1v) is 5.02. The monoisotopic (exact) mass is 203 g/mol. The van der Waals surface area contributed by atoms with E-state index in [0.717, 1.165) is 17.9 Å². The molecule has 3 heteroatoms. The van der Waals surface area contributed by atoms with Crippen LogP contribution in [0.4, 0.5) is 5.69 Å². The zero-order valence-electron chi connectivity index (χ0n) is 8.34. The van der Waals surface area contributed by atoms with Gasteiger partial charge in [-0.1, -0.05) is 30.4 Å². The topological polar surface area (TPSA) is 40.5 Å². The highest BCUT2D eigenvalue weighted by atomic mass is 16.5. The van der Waals surface area contributed by atoms with Gasteiger partial charge in [-0.05, 0) is 25.0 Å². The van der Waals surface area contributed by atoms with E-state index in [2.05, 4.69) is 0 Å². The molecule has 78 valence electrons. The summed E-state index contributed by atoms with van der Waals surface area (Å²) in [6.07, 6.45) is 5.40. The van der Waals surface area contributed by atoms with Crippen molar-refractivity contribution in [1.29, 1.82) is 0 Å². The number of allylic oxidation sites excluding steroid dienone is 2. The number of hydrogen-bond acceptors (Lipinski definition) is 2. The van der Waals surface area contributed by atoms with Crippen molar-refractivity contribution in [3.05, 3.63) is 42.5 Å². The van der Waals surface area contributed by atoms with Crippen molar-refractivity contribution in [2.45, 2.75) is 12.8 Å². The maximum atomic E-state index is 11.8. The molecule has 0 fully saturated rings. The molecular weight excluding hydrogens is 190 g/mol. The molecule has 0 radical (unpaired) electrons. The molecule has 2 rings (SSSR count). The summed E-state index contributed by atoms with van der Waals surface area (Å²) in [6.45, 7) is 0. The van der Waals surface area contributed by atoms with Crippen LogP contribution < -0.4 is 5.06 Å². The molecule has 0 aromatic heterocycles. The Balaban J connectivity index is 2.08. The summed E-state index contributed by atoms with van der Waals surface area (Å²) in [4.78, 5) is 11.8. The molecule has 1 amide bonds. The Morgan fingerprint density at radius 1 is 1.20 bits per heavy atom. The Labute approximate surface area is 88.6 Å². The van der Waals surface area contributed by atoms with Crippen LogP contribution in [0.5, 0.6) is 0 Å². The SMILES string of the molecule is O=C(C1CC=CC1)N(O)c1ccccc1. The van der Waals surface area contributed by atoms with Crippen molar-refractivity contribution >= 4 is 11.6 Å². The van der Waals surface area contributed by atoms with Crippen molar-refractivity contribution in [2.75, 3.05) is 5.06 Å². The molecule has 0 saturated carbocycles. The maximum Gasteiger partial charge on any atom is 0.254 e. The minimum atomic E-state index is -0.230. The van der Waals surface area contributed by atoms with Crippen LogP contribution in [0, 0.1) is 5.92 Å². The summed E-state index contributed by atoms with van der Waals surface area (Å²) in [7, 11) is 0. The van der Waals surface area contributed by atoms with Gasteiger partial charge in [0.1, 0.15) is 0 Å². The number of carbonyl (C=O) groups excluding carboxylic acids is 1. The predicted molar refractivity (Wildman–Crippen MR) is 57.6 cm³/mol. The lowest BCUT2D eigenvalue weighted by atomic mass is 10.1. The van der Waals surface area contributed by atoms with Gasteiger partial charge in [0.05, 0.1) is 5.69 Å². The van der Waals surface area contributed by atoms with Crippen LogP contribution in [0.1, 0.15) is 12.8 Å². The van der Waals surface area contributed by atoms with E-state index in [-0.39, 0.29) is 11.8 Å². The first-order valence-electron chi connectivity index (χ1n) is 5.02. The van der Waals surface area contributed by atoms with Gasteiger partial charge in [-0.25, -0.2) is 0 Å². The normalized spacial score (nSPS) is 15.5. The molecule has 0 heterocycles. The fraction of sp³-hybridized carbons (Fsp3) is 0.250. The number of nitrogens with zero attached hydrogens (tertiary/aromatic N) is 1. The number of rotatable bonds is 2. The van der Waals surface area contributed by atoms with Gasteiger partial charge in [0.15, 0.2) is 0 Å². The van der Waals surface area contributed by atoms with Gasteiger partial charge in [0.2, 0.25) is 0 Å². The molecule has 1 aromatic rings. The first kappa shape index (κ1) is 9.93. The molecule has 0 unspecified atom stereocenters. The summed E-state index contributed by atoms with van der Waals surface area (Å²) < 4.78 is 0. The fourth-order valence-corrected chi connectivity index (χ4v) is 1.69. The number of carbonyl (C=O) groups is 1. The lowest BCUT2D eigenvalue weighted by Crippen LogP contribution is -2.32. The van der Waals surface area contributed by atoms with Crippen LogP contribution in [0.3, 0.4) is 0 Å². The van der Waals surface area contributed by atoms with Gasteiger partial charge in [-0.15, -0.1) is 0 Å². The standard InChI is InChI=1S/C12H13NO2/c14-12(10-6-4-5-7-10)13(15)11-8-2-1-3-9-11/h1-5,8-10,15H,6-7H2. The second-order valence-electron chi connectivity index (χ2n) is 3.63. The number of anilines is 1. The summed E-state index contributed by atoms with van der Waals surface area (Å²) in [5.41, 5.74) is 0.523. The molecule has 15 heavy (non-hydrogen) atoms. The average molecular weight is 203 g/mol. The third kappa shape index (κ3) is 2.07. The molecule has 0 atom stereocenters. The zero-order valence-corrected chi connectivity index (χ0v) is 8.34. The van der Waals surface area contributed by atoms with Gasteiger partial charge < -0.3 is 0 Å².